The Bertz CT molecular complexity index is 340. The van der Waals surface area contributed by atoms with Crippen LogP contribution < -0.4 is 0 Å². The number of rotatable bonds is 6. The molecular weight excluding hydrogens is 298 g/mol. The number of hydrogen-bond donors (Lipinski definition) is 0. The Hall–Kier alpha value is -0.470. The molecule has 0 aliphatic carbocycles. The monoisotopic (exact) mass is 314 g/mol. The first-order valence-corrected chi connectivity index (χ1v) is 7.36. The van der Waals surface area contributed by atoms with Crippen molar-refractivity contribution in [1.82, 2.24) is 0 Å². The molecule has 0 aliphatic rings. The molecule has 19 heavy (non-hydrogen) atoms. The maximum atomic E-state index is 12.6. The predicted molar refractivity (Wildman–Crippen MR) is 58.4 cm³/mol. The topological polar surface area (TPSA) is 34.1 Å². The van der Waals surface area contributed by atoms with Crippen molar-refractivity contribution in [2.45, 2.75) is 62.4 Å². The van der Waals surface area contributed by atoms with E-state index in [-0.39, 0.29) is 12.8 Å². The zero-order chi connectivity index (χ0) is 15.5. The average molecular weight is 314 g/mol. The molecule has 0 aromatic rings. The largest absolute Gasteiger partial charge is 0.405 e. The number of alkyl halides is 6. The van der Waals surface area contributed by atoms with Gasteiger partial charge < -0.3 is 0 Å². The number of sulfone groups is 1. The van der Waals surface area contributed by atoms with Crippen molar-refractivity contribution in [1.29, 1.82) is 0 Å². The van der Waals surface area contributed by atoms with Crippen LogP contribution in [-0.2, 0) is 9.84 Å². The van der Waals surface area contributed by atoms with E-state index in [4.69, 9.17) is 0 Å². The summed E-state index contributed by atoms with van der Waals surface area (Å²) in [6.07, 6.45) is -12.4. The zero-order valence-electron chi connectivity index (χ0n) is 10.5. The second kappa shape index (κ2) is 6.32. The van der Waals surface area contributed by atoms with Crippen molar-refractivity contribution < 1.29 is 34.8 Å². The van der Waals surface area contributed by atoms with E-state index >= 15 is 0 Å². The van der Waals surface area contributed by atoms with Crippen LogP contribution >= 0.6 is 0 Å². The van der Waals surface area contributed by atoms with Crippen molar-refractivity contribution in [3.05, 3.63) is 0 Å². The maximum Gasteiger partial charge on any atom is 0.405 e. The predicted octanol–water partition coefficient (Wildman–Crippen LogP) is 3.86. The van der Waals surface area contributed by atoms with Crippen molar-refractivity contribution in [3.8, 4) is 0 Å². The minimum absolute atomic E-state index is 0.167. The summed E-state index contributed by atoms with van der Waals surface area (Å²) in [5, 5.41) is -5.91. The number of halogens is 6. The third-order valence-corrected chi connectivity index (χ3v) is 5.22. The van der Waals surface area contributed by atoms with E-state index in [0.717, 1.165) is 0 Å². The van der Waals surface area contributed by atoms with Gasteiger partial charge in [0.15, 0.2) is 20.3 Å². The molecule has 2 unspecified atom stereocenters. The first kappa shape index (κ1) is 18.5. The first-order valence-electron chi connectivity index (χ1n) is 5.75. The Morgan fingerprint density at radius 2 is 1.05 bits per heavy atom. The normalized spacial score (nSPS) is 17.3. The highest BCUT2D eigenvalue weighted by Crippen LogP contribution is 2.38. The van der Waals surface area contributed by atoms with E-state index in [2.05, 4.69) is 0 Å². The van der Waals surface area contributed by atoms with Gasteiger partial charge in [-0.05, 0) is 12.8 Å². The summed E-state index contributed by atoms with van der Waals surface area (Å²) < 4.78 is 99.2. The molecule has 0 amide bonds. The fourth-order valence-electron chi connectivity index (χ4n) is 1.75. The van der Waals surface area contributed by atoms with Gasteiger partial charge in [-0.1, -0.05) is 26.7 Å². The quantitative estimate of drug-likeness (QED) is 0.698. The van der Waals surface area contributed by atoms with Crippen LogP contribution in [0.5, 0.6) is 0 Å². The Morgan fingerprint density at radius 1 is 0.789 bits per heavy atom. The van der Waals surface area contributed by atoms with E-state index in [1.807, 2.05) is 0 Å². The second-order valence-corrected chi connectivity index (χ2v) is 6.54. The summed E-state index contributed by atoms with van der Waals surface area (Å²) in [5.74, 6) is 0. The highest BCUT2D eigenvalue weighted by molar-refractivity contribution is 7.92. The standard InChI is InChI=1S/C10H16F6O2S/c1-3-5-7(9(11,12)13)19(17,18)8(6-4-2)10(14,15)16/h7-8H,3-6H2,1-2H3. The van der Waals surface area contributed by atoms with Gasteiger partial charge in [0.2, 0.25) is 0 Å². The lowest BCUT2D eigenvalue weighted by Crippen LogP contribution is -2.47. The van der Waals surface area contributed by atoms with Crippen LogP contribution in [0.2, 0.25) is 0 Å². The van der Waals surface area contributed by atoms with Crippen LogP contribution in [0.1, 0.15) is 39.5 Å². The average Bonchev–Trinajstić information content (AvgIpc) is 2.18. The van der Waals surface area contributed by atoms with Crippen molar-refractivity contribution in [3.63, 3.8) is 0 Å². The van der Waals surface area contributed by atoms with Gasteiger partial charge in [0.25, 0.3) is 0 Å². The minimum atomic E-state index is -5.35. The summed E-state index contributed by atoms with van der Waals surface area (Å²) in [4.78, 5) is 0. The van der Waals surface area contributed by atoms with Crippen LogP contribution in [-0.4, -0.2) is 31.3 Å². The summed E-state index contributed by atoms with van der Waals surface area (Å²) >= 11 is 0. The van der Waals surface area contributed by atoms with Crippen LogP contribution in [0.4, 0.5) is 26.3 Å². The van der Waals surface area contributed by atoms with Gasteiger partial charge in [-0.2, -0.15) is 26.3 Å². The zero-order valence-corrected chi connectivity index (χ0v) is 11.3. The molecule has 0 aromatic heterocycles. The molecule has 0 aromatic carbocycles. The van der Waals surface area contributed by atoms with Gasteiger partial charge in [-0.15, -0.1) is 0 Å². The SMILES string of the molecule is CCCC(C(F)(F)F)S(=O)(=O)C(CCC)C(F)(F)F. The van der Waals surface area contributed by atoms with Crippen molar-refractivity contribution in [2.75, 3.05) is 0 Å². The molecule has 0 radical (unpaired) electrons. The molecule has 2 atom stereocenters. The highest BCUT2D eigenvalue weighted by Gasteiger charge is 2.57. The minimum Gasteiger partial charge on any atom is -0.228 e. The van der Waals surface area contributed by atoms with Crippen LogP contribution in [0.15, 0.2) is 0 Å². The molecule has 0 rings (SSSR count). The van der Waals surface area contributed by atoms with E-state index in [9.17, 15) is 34.8 Å². The Kier molecular flexibility index (Phi) is 6.16. The fourth-order valence-corrected chi connectivity index (χ4v) is 4.02. The molecule has 0 spiro atoms. The molecule has 0 aliphatic heterocycles. The third kappa shape index (κ3) is 4.85. The van der Waals surface area contributed by atoms with Gasteiger partial charge in [-0.3, -0.25) is 0 Å². The molecule has 116 valence electrons. The Balaban J connectivity index is 5.61. The van der Waals surface area contributed by atoms with Gasteiger partial charge in [-0.25, -0.2) is 8.42 Å². The second-order valence-electron chi connectivity index (χ2n) is 4.23. The summed E-state index contributed by atoms with van der Waals surface area (Å²) in [5.41, 5.74) is 0. The smallest absolute Gasteiger partial charge is 0.228 e. The van der Waals surface area contributed by atoms with Crippen molar-refractivity contribution >= 4 is 9.84 Å². The molecule has 0 saturated heterocycles. The van der Waals surface area contributed by atoms with Crippen LogP contribution in [0.25, 0.3) is 0 Å². The molecule has 0 N–H and O–H groups in total. The Labute approximate surface area is 108 Å². The van der Waals surface area contributed by atoms with Gasteiger partial charge in [0.1, 0.15) is 0 Å². The van der Waals surface area contributed by atoms with E-state index in [1.54, 1.807) is 0 Å². The van der Waals surface area contributed by atoms with Crippen LogP contribution in [0, 0.1) is 0 Å². The molecule has 0 heterocycles. The molecule has 9 heteroatoms. The molecule has 0 bridgehead atoms. The maximum absolute atomic E-state index is 12.6. The van der Waals surface area contributed by atoms with Crippen LogP contribution in [0.3, 0.4) is 0 Å². The van der Waals surface area contributed by atoms with E-state index < -0.39 is 45.5 Å². The molecule has 2 nitrogen and oxygen atoms in total. The van der Waals surface area contributed by atoms with Gasteiger partial charge >= 0.3 is 12.4 Å². The highest BCUT2D eigenvalue weighted by atomic mass is 32.2. The van der Waals surface area contributed by atoms with E-state index in [0.29, 0.717) is 0 Å². The fraction of sp³-hybridized carbons (Fsp3) is 1.00. The lowest BCUT2D eigenvalue weighted by Gasteiger charge is -2.27. The Morgan fingerprint density at radius 3 is 1.21 bits per heavy atom. The van der Waals surface area contributed by atoms with Gasteiger partial charge in [0.05, 0.1) is 0 Å². The molecule has 0 saturated carbocycles. The van der Waals surface area contributed by atoms with E-state index in [1.165, 1.54) is 13.8 Å². The molecular formula is C10H16F6O2S. The lowest BCUT2D eigenvalue weighted by atomic mass is 10.2. The first-order chi connectivity index (χ1) is 8.39. The third-order valence-electron chi connectivity index (χ3n) is 2.63. The lowest BCUT2D eigenvalue weighted by molar-refractivity contribution is -0.140. The number of hydrogen-bond acceptors (Lipinski definition) is 2. The summed E-state index contributed by atoms with van der Waals surface area (Å²) in [6, 6.07) is 0. The summed E-state index contributed by atoms with van der Waals surface area (Å²) in [6.45, 7) is 2.58. The molecule has 0 fully saturated rings. The van der Waals surface area contributed by atoms with Gasteiger partial charge in [0, 0.05) is 0 Å². The van der Waals surface area contributed by atoms with Crippen molar-refractivity contribution in [2.24, 2.45) is 0 Å². The summed E-state index contributed by atoms with van der Waals surface area (Å²) in [7, 11) is -5.35.